The summed E-state index contributed by atoms with van der Waals surface area (Å²) in [5.41, 5.74) is 0.772. The first-order valence-electron chi connectivity index (χ1n) is 5.83. The molecule has 0 radical (unpaired) electrons. The molecule has 0 aliphatic carbocycles. The van der Waals surface area contributed by atoms with Gasteiger partial charge in [-0.15, -0.1) is 0 Å². The van der Waals surface area contributed by atoms with E-state index in [1.165, 1.54) is 30.3 Å². The number of hydrogen-bond donors (Lipinski definition) is 1. The van der Waals surface area contributed by atoms with Crippen LogP contribution in [0.15, 0.2) is 45.8 Å². The summed E-state index contributed by atoms with van der Waals surface area (Å²) in [6.07, 6.45) is 0. The summed E-state index contributed by atoms with van der Waals surface area (Å²) < 4.78 is 40.8. The van der Waals surface area contributed by atoms with Gasteiger partial charge >= 0.3 is 0 Å². The molecule has 0 aliphatic heterocycles. The number of anilines is 1. The van der Waals surface area contributed by atoms with Crippen LogP contribution in [0.3, 0.4) is 0 Å². The second-order valence-electron chi connectivity index (χ2n) is 4.29. The standard InChI is InChI=1S/C14H10BrFN2O2S/c1-9-7-11(6-5-10(9)8-17)21(19,20)18-14-12(15)3-2-4-13(14)16/h2-7,18H,1H3. The highest BCUT2D eigenvalue weighted by molar-refractivity contribution is 9.10. The van der Waals surface area contributed by atoms with Crippen LogP contribution in [0.5, 0.6) is 0 Å². The quantitative estimate of drug-likeness (QED) is 0.899. The summed E-state index contributed by atoms with van der Waals surface area (Å²) in [4.78, 5) is -0.0332. The van der Waals surface area contributed by atoms with Crippen LogP contribution in [0.2, 0.25) is 0 Å². The van der Waals surface area contributed by atoms with Crippen molar-refractivity contribution >= 4 is 31.6 Å². The second kappa shape index (κ2) is 5.84. The number of hydrogen-bond acceptors (Lipinski definition) is 3. The Morgan fingerprint density at radius 1 is 1.29 bits per heavy atom. The minimum Gasteiger partial charge on any atom is -0.275 e. The maximum absolute atomic E-state index is 13.7. The smallest absolute Gasteiger partial charge is 0.262 e. The highest BCUT2D eigenvalue weighted by atomic mass is 79.9. The van der Waals surface area contributed by atoms with Gasteiger partial charge in [-0.1, -0.05) is 6.07 Å². The van der Waals surface area contributed by atoms with E-state index in [9.17, 15) is 12.8 Å². The first kappa shape index (κ1) is 15.5. The zero-order valence-electron chi connectivity index (χ0n) is 10.9. The van der Waals surface area contributed by atoms with E-state index < -0.39 is 15.8 Å². The zero-order chi connectivity index (χ0) is 15.6. The van der Waals surface area contributed by atoms with E-state index in [4.69, 9.17) is 5.26 Å². The number of nitrogens with zero attached hydrogens (tertiary/aromatic N) is 1. The minimum absolute atomic E-state index is 0.0332. The van der Waals surface area contributed by atoms with Gasteiger partial charge in [-0.05, 0) is 58.7 Å². The monoisotopic (exact) mass is 368 g/mol. The van der Waals surface area contributed by atoms with Crippen molar-refractivity contribution in [1.82, 2.24) is 0 Å². The Bertz CT molecular complexity index is 824. The van der Waals surface area contributed by atoms with Gasteiger partial charge < -0.3 is 0 Å². The molecule has 0 heterocycles. The third kappa shape index (κ3) is 3.23. The first-order valence-corrected chi connectivity index (χ1v) is 8.10. The number of para-hydroxylation sites is 1. The van der Waals surface area contributed by atoms with Crippen LogP contribution in [0.4, 0.5) is 10.1 Å². The molecule has 0 saturated carbocycles. The summed E-state index contributed by atoms with van der Waals surface area (Å²) in [5.74, 6) is -0.682. The topological polar surface area (TPSA) is 70.0 Å². The van der Waals surface area contributed by atoms with Gasteiger partial charge in [-0.2, -0.15) is 5.26 Å². The van der Waals surface area contributed by atoms with Crippen molar-refractivity contribution in [2.24, 2.45) is 0 Å². The maximum atomic E-state index is 13.7. The van der Waals surface area contributed by atoms with Crippen molar-refractivity contribution < 1.29 is 12.8 Å². The lowest BCUT2D eigenvalue weighted by Gasteiger charge is -2.11. The molecule has 7 heteroatoms. The molecule has 0 fully saturated rings. The van der Waals surface area contributed by atoms with Gasteiger partial charge in [0.15, 0.2) is 0 Å². The predicted molar refractivity (Wildman–Crippen MR) is 80.8 cm³/mol. The number of nitriles is 1. The fourth-order valence-electron chi connectivity index (χ4n) is 1.72. The highest BCUT2D eigenvalue weighted by Crippen LogP contribution is 2.28. The maximum Gasteiger partial charge on any atom is 0.262 e. The van der Waals surface area contributed by atoms with Gasteiger partial charge in [0, 0.05) is 4.47 Å². The number of sulfonamides is 1. The normalized spacial score (nSPS) is 11.0. The molecule has 0 atom stereocenters. The Labute approximate surface area is 130 Å². The molecule has 2 aromatic carbocycles. The van der Waals surface area contributed by atoms with Gasteiger partial charge in [0.25, 0.3) is 10.0 Å². The average molecular weight is 369 g/mol. The molecule has 21 heavy (non-hydrogen) atoms. The van der Waals surface area contributed by atoms with Crippen molar-refractivity contribution in [3.8, 4) is 6.07 Å². The summed E-state index contributed by atoms with van der Waals surface area (Å²) in [5, 5.41) is 8.85. The van der Waals surface area contributed by atoms with Crippen LogP contribution >= 0.6 is 15.9 Å². The lowest BCUT2D eigenvalue weighted by Crippen LogP contribution is -2.14. The van der Waals surface area contributed by atoms with Crippen LogP contribution in [-0.4, -0.2) is 8.42 Å². The fraction of sp³-hybridized carbons (Fsp3) is 0.0714. The van der Waals surface area contributed by atoms with Crippen molar-refractivity contribution in [2.75, 3.05) is 4.72 Å². The lowest BCUT2D eigenvalue weighted by molar-refractivity contribution is 0.598. The van der Waals surface area contributed by atoms with Gasteiger partial charge in [-0.25, -0.2) is 12.8 Å². The molecular formula is C14H10BrFN2O2S. The first-order chi connectivity index (χ1) is 9.85. The lowest BCUT2D eigenvalue weighted by atomic mass is 10.1. The van der Waals surface area contributed by atoms with Crippen molar-refractivity contribution in [2.45, 2.75) is 11.8 Å². The van der Waals surface area contributed by atoms with E-state index in [2.05, 4.69) is 20.7 Å². The Hall–Kier alpha value is -1.91. The Kier molecular flexibility index (Phi) is 4.30. The molecule has 0 aromatic heterocycles. The molecule has 4 nitrogen and oxygen atoms in total. The van der Waals surface area contributed by atoms with Crippen LogP contribution in [0.25, 0.3) is 0 Å². The number of rotatable bonds is 3. The number of aryl methyl sites for hydroxylation is 1. The van der Waals surface area contributed by atoms with E-state index >= 15 is 0 Å². The van der Waals surface area contributed by atoms with Gasteiger partial charge in [0.1, 0.15) is 5.82 Å². The summed E-state index contributed by atoms with van der Waals surface area (Å²) in [7, 11) is -3.94. The molecule has 0 aliphatic rings. The summed E-state index contributed by atoms with van der Waals surface area (Å²) >= 11 is 3.10. The van der Waals surface area contributed by atoms with Crippen molar-refractivity contribution in [3.05, 3.63) is 57.8 Å². The van der Waals surface area contributed by atoms with Gasteiger partial charge in [-0.3, -0.25) is 4.72 Å². The molecule has 2 aromatic rings. The SMILES string of the molecule is Cc1cc(S(=O)(=O)Nc2c(F)cccc2Br)ccc1C#N. The highest BCUT2D eigenvalue weighted by Gasteiger charge is 2.18. The zero-order valence-corrected chi connectivity index (χ0v) is 13.3. The van der Waals surface area contributed by atoms with Crippen LogP contribution < -0.4 is 4.72 Å². The molecule has 108 valence electrons. The van der Waals surface area contributed by atoms with Crippen molar-refractivity contribution in [3.63, 3.8) is 0 Å². The Morgan fingerprint density at radius 3 is 2.57 bits per heavy atom. The third-order valence-corrected chi connectivity index (χ3v) is 4.84. The number of benzene rings is 2. The van der Waals surface area contributed by atoms with Gasteiger partial charge in [0.2, 0.25) is 0 Å². The van der Waals surface area contributed by atoms with Crippen LogP contribution in [0.1, 0.15) is 11.1 Å². The van der Waals surface area contributed by atoms with E-state index in [0.717, 1.165) is 6.07 Å². The molecule has 0 spiro atoms. The van der Waals surface area contributed by atoms with Crippen LogP contribution in [0, 0.1) is 24.1 Å². The number of nitrogens with one attached hydrogen (secondary N) is 1. The largest absolute Gasteiger partial charge is 0.275 e. The van der Waals surface area contributed by atoms with E-state index in [1.54, 1.807) is 6.92 Å². The van der Waals surface area contributed by atoms with E-state index in [0.29, 0.717) is 15.6 Å². The summed E-state index contributed by atoms with van der Waals surface area (Å²) in [6.45, 7) is 1.64. The van der Waals surface area contributed by atoms with Crippen molar-refractivity contribution in [1.29, 1.82) is 5.26 Å². The minimum atomic E-state index is -3.94. The van der Waals surface area contributed by atoms with Crippen LogP contribution in [-0.2, 0) is 10.0 Å². The molecule has 0 saturated heterocycles. The van der Waals surface area contributed by atoms with Gasteiger partial charge in [0.05, 0.1) is 22.2 Å². The average Bonchev–Trinajstić information content (AvgIpc) is 2.43. The molecule has 0 bridgehead atoms. The molecule has 0 unspecified atom stereocenters. The Morgan fingerprint density at radius 2 is 2.00 bits per heavy atom. The molecule has 0 amide bonds. The molecule has 2 rings (SSSR count). The summed E-state index contributed by atoms with van der Waals surface area (Å²) in [6, 6.07) is 10.2. The third-order valence-electron chi connectivity index (χ3n) is 2.83. The molecular weight excluding hydrogens is 359 g/mol. The second-order valence-corrected chi connectivity index (χ2v) is 6.83. The number of halogens is 2. The van der Waals surface area contributed by atoms with E-state index in [1.807, 2.05) is 6.07 Å². The Balaban J connectivity index is 2.44. The molecule has 1 N–H and O–H groups in total. The predicted octanol–water partition coefficient (Wildman–Crippen LogP) is 3.57. The van der Waals surface area contributed by atoms with E-state index in [-0.39, 0.29) is 10.6 Å². The fourth-order valence-corrected chi connectivity index (χ4v) is 3.46.